The Bertz CT molecular complexity index is 670. The Morgan fingerprint density at radius 2 is 2.32 bits per heavy atom. The van der Waals surface area contributed by atoms with E-state index < -0.39 is 0 Å². The number of hydrogen-bond donors (Lipinski definition) is 1. The van der Waals surface area contributed by atoms with Gasteiger partial charge in [-0.3, -0.25) is 4.79 Å². The molecule has 3 rings (SSSR count). The number of rotatable bonds is 3. The van der Waals surface area contributed by atoms with E-state index in [4.69, 9.17) is 9.15 Å². The fourth-order valence-corrected chi connectivity index (χ4v) is 2.44. The quantitative estimate of drug-likeness (QED) is 0.928. The molecule has 0 aliphatic carbocycles. The van der Waals surface area contributed by atoms with Gasteiger partial charge in [-0.05, 0) is 19.1 Å². The number of hydrogen-bond acceptors (Lipinski definition) is 6. The molecule has 1 atom stereocenters. The van der Waals surface area contributed by atoms with Gasteiger partial charge in [-0.2, -0.15) is 0 Å². The summed E-state index contributed by atoms with van der Waals surface area (Å²) in [6, 6.07) is 5.70. The molecule has 1 aliphatic rings. The number of carbonyl (C=O) groups is 1. The first-order valence-electron chi connectivity index (χ1n) is 7.14. The van der Waals surface area contributed by atoms with Crippen molar-refractivity contribution >= 4 is 11.7 Å². The molecule has 22 heavy (non-hydrogen) atoms. The maximum Gasteiger partial charge on any atom is 0.276 e. The number of carbonyl (C=O) groups excluding carboxylic acids is 1. The zero-order valence-corrected chi connectivity index (χ0v) is 12.6. The van der Waals surface area contributed by atoms with E-state index in [9.17, 15) is 4.79 Å². The van der Waals surface area contributed by atoms with Gasteiger partial charge in [0.05, 0.1) is 18.8 Å². The van der Waals surface area contributed by atoms with Gasteiger partial charge in [-0.1, -0.05) is 6.07 Å². The van der Waals surface area contributed by atoms with Crippen molar-refractivity contribution in [3.63, 3.8) is 0 Å². The molecule has 1 amide bonds. The SMILES string of the molecule is CNc1cccc([C@H]2CN(C(=O)c3ncoc3C)CCO2)n1. The Morgan fingerprint density at radius 3 is 3.05 bits per heavy atom. The highest BCUT2D eigenvalue weighted by molar-refractivity contribution is 5.93. The minimum absolute atomic E-state index is 0.135. The molecule has 1 N–H and O–H groups in total. The molecule has 1 saturated heterocycles. The van der Waals surface area contributed by atoms with E-state index in [2.05, 4.69) is 15.3 Å². The van der Waals surface area contributed by atoms with E-state index in [1.165, 1.54) is 6.39 Å². The normalized spacial score (nSPS) is 18.3. The summed E-state index contributed by atoms with van der Waals surface area (Å²) in [4.78, 5) is 22.7. The van der Waals surface area contributed by atoms with Crippen LogP contribution >= 0.6 is 0 Å². The predicted molar refractivity (Wildman–Crippen MR) is 79.6 cm³/mol. The first kappa shape index (κ1) is 14.5. The van der Waals surface area contributed by atoms with Crippen LogP contribution < -0.4 is 5.32 Å². The van der Waals surface area contributed by atoms with Crippen molar-refractivity contribution < 1.29 is 13.9 Å². The van der Waals surface area contributed by atoms with Crippen LogP contribution in [0, 0.1) is 6.92 Å². The highest BCUT2D eigenvalue weighted by atomic mass is 16.5. The first-order chi connectivity index (χ1) is 10.7. The van der Waals surface area contributed by atoms with Crippen LogP contribution in [0.2, 0.25) is 0 Å². The van der Waals surface area contributed by atoms with E-state index in [-0.39, 0.29) is 12.0 Å². The Kier molecular flexibility index (Phi) is 4.06. The summed E-state index contributed by atoms with van der Waals surface area (Å²) < 4.78 is 10.9. The molecule has 1 aliphatic heterocycles. The summed E-state index contributed by atoms with van der Waals surface area (Å²) in [6.07, 6.45) is 1.05. The van der Waals surface area contributed by atoms with Crippen LogP contribution in [0.4, 0.5) is 5.82 Å². The molecular weight excluding hydrogens is 284 g/mol. The first-order valence-corrected chi connectivity index (χ1v) is 7.14. The number of aromatic nitrogens is 2. The van der Waals surface area contributed by atoms with Crippen molar-refractivity contribution in [3.8, 4) is 0 Å². The van der Waals surface area contributed by atoms with Gasteiger partial charge in [-0.15, -0.1) is 0 Å². The lowest BCUT2D eigenvalue weighted by atomic mass is 10.1. The fraction of sp³-hybridized carbons (Fsp3) is 0.400. The van der Waals surface area contributed by atoms with Crippen molar-refractivity contribution in [2.24, 2.45) is 0 Å². The van der Waals surface area contributed by atoms with E-state index in [0.717, 1.165) is 11.5 Å². The summed E-state index contributed by atoms with van der Waals surface area (Å²) in [5.74, 6) is 1.17. The predicted octanol–water partition coefficient (Wildman–Crippen LogP) is 1.63. The van der Waals surface area contributed by atoms with E-state index in [0.29, 0.717) is 31.2 Å². The summed E-state index contributed by atoms with van der Waals surface area (Å²) >= 11 is 0. The number of nitrogens with zero attached hydrogens (tertiary/aromatic N) is 3. The van der Waals surface area contributed by atoms with E-state index >= 15 is 0 Å². The van der Waals surface area contributed by atoms with Crippen molar-refractivity contribution in [1.29, 1.82) is 0 Å². The molecule has 2 aromatic heterocycles. The number of oxazole rings is 1. The van der Waals surface area contributed by atoms with Crippen molar-refractivity contribution in [1.82, 2.24) is 14.9 Å². The third-order valence-electron chi connectivity index (χ3n) is 3.66. The maximum absolute atomic E-state index is 12.5. The second-order valence-corrected chi connectivity index (χ2v) is 5.07. The van der Waals surface area contributed by atoms with Gasteiger partial charge < -0.3 is 19.4 Å². The lowest BCUT2D eigenvalue weighted by Gasteiger charge is -2.32. The molecule has 1 fully saturated rings. The summed E-state index contributed by atoms with van der Waals surface area (Å²) in [5, 5.41) is 3.00. The minimum atomic E-state index is -0.238. The third-order valence-corrected chi connectivity index (χ3v) is 3.66. The second kappa shape index (κ2) is 6.15. The van der Waals surface area contributed by atoms with Crippen molar-refractivity contribution in [3.05, 3.63) is 41.7 Å². The Morgan fingerprint density at radius 1 is 1.45 bits per heavy atom. The molecule has 3 heterocycles. The Balaban J connectivity index is 1.76. The van der Waals surface area contributed by atoms with Gasteiger partial charge in [0.2, 0.25) is 0 Å². The summed E-state index contributed by atoms with van der Waals surface area (Å²) in [5.41, 5.74) is 1.17. The highest BCUT2D eigenvalue weighted by Gasteiger charge is 2.29. The topological polar surface area (TPSA) is 80.5 Å². The highest BCUT2D eigenvalue weighted by Crippen LogP contribution is 2.23. The maximum atomic E-state index is 12.5. The lowest BCUT2D eigenvalue weighted by molar-refractivity contribution is -0.0248. The number of pyridine rings is 1. The van der Waals surface area contributed by atoms with Gasteiger partial charge in [0, 0.05) is 13.6 Å². The molecule has 7 heteroatoms. The molecule has 0 bridgehead atoms. The zero-order valence-electron chi connectivity index (χ0n) is 12.6. The van der Waals surface area contributed by atoms with Crippen LogP contribution in [0.25, 0.3) is 0 Å². The molecule has 0 saturated carbocycles. The van der Waals surface area contributed by atoms with Crippen molar-refractivity contribution in [2.45, 2.75) is 13.0 Å². The van der Waals surface area contributed by atoms with E-state index in [1.54, 1.807) is 11.8 Å². The standard InChI is InChI=1S/C15H18N4O3/c1-10-14(17-9-22-10)15(20)19-6-7-21-12(8-19)11-4-3-5-13(16-2)18-11/h3-5,9,12H,6-8H2,1-2H3,(H,16,18)/t12-/m1/s1. The Labute approximate surface area is 128 Å². The largest absolute Gasteiger partial charge is 0.448 e. The van der Waals surface area contributed by atoms with Gasteiger partial charge >= 0.3 is 0 Å². The molecular formula is C15H18N4O3. The number of nitrogens with one attached hydrogen (secondary N) is 1. The number of morpholine rings is 1. The fourth-order valence-electron chi connectivity index (χ4n) is 2.44. The third kappa shape index (κ3) is 2.80. The zero-order chi connectivity index (χ0) is 15.5. The molecule has 116 valence electrons. The van der Waals surface area contributed by atoms with Crippen molar-refractivity contribution in [2.75, 3.05) is 32.1 Å². The molecule has 0 spiro atoms. The van der Waals surface area contributed by atoms with Gasteiger partial charge in [0.25, 0.3) is 5.91 Å². The van der Waals surface area contributed by atoms with E-state index in [1.807, 2.05) is 25.2 Å². The molecule has 0 radical (unpaired) electrons. The smallest absolute Gasteiger partial charge is 0.276 e. The molecule has 0 aromatic carbocycles. The average Bonchev–Trinajstić information content (AvgIpc) is 3.00. The number of amides is 1. The van der Waals surface area contributed by atoms with Crippen LogP contribution in [0.3, 0.4) is 0 Å². The Hall–Kier alpha value is -2.41. The van der Waals surface area contributed by atoms with Crippen LogP contribution in [0.1, 0.15) is 28.0 Å². The van der Waals surface area contributed by atoms with Crippen LogP contribution in [-0.2, 0) is 4.74 Å². The van der Waals surface area contributed by atoms with Gasteiger partial charge in [0.1, 0.15) is 17.7 Å². The molecule has 2 aromatic rings. The molecule has 7 nitrogen and oxygen atoms in total. The van der Waals surface area contributed by atoms with Gasteiger partial charge in [-0.25, -0.2) is 9.97 Å². The monoisotopic (exact) mass is 302 g/mol. The van der Waals surface area contributed by atoms with Crippen LogP contribution in [0.15, 0.2) is 29.0 Å². The number of aryl methyl sites for hydroxylation is 1. The summed E-state index contributed by atoms with van der Waals surface area (Å²) in [6.45, 7) is 3.19. The van der Waals surface area contributed by atoms with Crippen LogP contribution in [0.5, 0.6) is 0 Å². The second-order valence-electron chi connectivity index (χ2n) is 5.07. The minimum Gasteiger partial charge on any atom is -0.448 e. The lowest BCUT2D eigenvalue weighted by Crippen LogP contribution is -2.42. The van der Waals surface area contributed by atoms with Crippen LogP contribution in [-0.4, -0.2) is 47.5 Å². The number of anilines is 1. The average molecular weight is 302 g/mol. The van der Waals surface area contributed by atoms with Gasteiger partial charge in [0.15, 0.2) is 12.1 Å². The molecule has 0 unspecified atom stereocenters. The number of ether oxygens (including phenoxy) is 1. The summed E-state index contributed by atoms with van der Waals surface area (Å²) in [7, 11) is 1.82.